The highest BCUT2D eigenvalue weighted by Gasteiger charge is 2.38. The summed E-state index contributed by atoms with van der Waals surface area (Å²) in [6.45, 7) is 5.63. The molecule has 2 aliphatic rings. The van der Waals surface area contributed by atoms with Crippen molar-refractivity contribution in [2.75, 3.05) is 18.1 Å². The highest BCUT2D eigenvalue weighted by molar-refractivity contribution is 6.23. The lowest BCUT2D eigenvalue weighted by Gasteiger charge is -2.22. The molecule has 7 nitrogen and oxygen atoms in total. The number of nitrogens with one attached hydrogen (secondary N) is 1. The first kappa shape index (κ1) is 26.2. The van der Waals surface area contributed by atoms with E-state index in [0.29, 0.717) is 17.1 Å². The van der Waals surface area contributed by atoms with E-state index >= 15 is 0 Å². The zero-order valence-electron chi connectivity index (χ0n) is 21.7. The van der Waals surface area contributed by atoms with Crippen molar-refractivity contribution in [1.82, 2.24) is 5.32 Å². The molecule has 1 saturated carbocycles. The van der Waals surface area contributed by atoms with Crippen molar-refractivity contribution in [3.8, 4) is 5.75 Å². The summed E-state index contributed by atoms with van der Waals surface area (Å²) in [6.07, 6.45) is 7.28. The fraction of sp³-hybridized carbons (Fsp3) is 0.367. The van der Waals surface area contributed by atoms with Crippen LogP contribution < -0.4 is 15.0 Å². The van der Waals surface area contributed by atoms with Crippen molar-refractivity contribution >= 4 is 29.5 Å². The standard InChI is InChI=1S/C30H34N2O5/c1-4-36-30(35)28-21(3)32(24-14-10-20(2)11-15-24)29(34)26(28)18-22-12-16-25(17-13-22)37-19-27(33)31-23-8-6-5-7-9-23/h10-18,23H,4-9,19H2,1-3H3,(H,31,33)/b26-18-. The van der Waals surface area contributed by atoms with E-state index in [2.05, 4.69) is 5.32 Å². The molecule has 194 valence electrons. The Morgan fingerprint density at radius 3 is 2.32 bits per heavy atom. The molecule has 0 saturated heterocycles. The van der Waals surface area contributed by atoms with E-state index in [9.17, 15) is 14.4 Å². The minimum Gasteiger partial charge on any atom is -0.484 e. The average Bonchev–Trinajstić information content (AvgIpc) is 3.14. The Bertz CT molecular complexity index is 1210. The van der Waals surface area contributed by atoms with Crippen LogP contribution in [0.4, 0.5) is 5.69 Å². The SMILES string of the molecule is CCOC(=O)C1=C(C)N(c2ccc(C)cc2)C(=O)/C1=C\c1ccc(OCC(=O)NC2CCCCC2)cc1. The lowest BCUT2D eigenvalue weighted by molar-refractivity contribution is -0.138. The predicted molar refractivity (Wildman–Crippen MR) is 143 cm³/mol. The van der Waals surface area contributed by atoms with Gasteiger partial charge in [-0.1, -0.05) is 49.1 Å². The van der Waals surface area contributed by atoms with Gasteiger partial charge in [-0.3, -0.25) is 14.5 Å². The van der Waals surface area contributed by atoms with Crippen LogP contribution in [0.1, 0.15) is 57.1 Å². The van der Waals surface area contributed by atoms with Crippen molar-refractivity contribution in [2.24, 2.45) is 0 Å². The molecule has 1 aliphatic carbocycles. The lowest BCUT2D eigenvalue weighted by atomic mass is 9.95. The molecule has 1 heterocycles. The van der Waals surface area contributed by atoms with Crippen molar-refractivity contribution < 1.29 is 23.9 Å². The number of esters is 1. The monoisotopic (exact) mass is 502 g/mol. The fourth-order valence-corrected chi connectivity index (χ4v) is 4.78. The van der Waals surface area contributed by atoms with Gasteiger partial charge in [0.15, 0.2) is 6.61 Å². The van der Waals surface area contributed by atoms with Gasteiger partial charge >= 0.3 is 5.97 Å². The molecular formula is C30H34N2O5. The summed E-state index contributed by atoms with van der Waals surface area (Å²) in [4.78, 5) is 40.1. The zero-order valence-corrected chi connectivity index (χ0v) is 21.7. The molecule has 4 rings (SSSR count). The number of hydrogen-bond acceptors (Lipinski definition) is 5. The van der Waals surface area contributed by atoms with Gasteiger partial charge < -0.3 is 14.8 Å². The van der Waals surface area contributed by atoms with Crippen LogP contribution >= 0.6 is 0 Å². The van der Waals surface area contributed by atoms with Gasteiger partial charge in [0.1, 0.15) is 5.75 Å². The summed E-state index contributed by atoms with van der Waals surface area (Å²) >= 11 is 0. The van der Waals surface area contributed by atoms with Gasteiger partial charge in [-0.2, -0.15) is 0 Å². The number of amides is 2. The van der Waals surface area contributed by atoms with Crippen LogP contribution in [0.15, 0.2) is 65.4 Å². The molecule has 0 radical (unpaired) electrons. The van der Waals surface area contributed by atoms with Crippen LogP contribution in [0, 0.1) is 6.92 Å². The maximum absolute atomic E-state index is 13.5. The topological polar surface area (TPSA) is 84.9 Å². The van der Waals surface area contributed by atoms with Crippen LogP contribution in [-0.4, -0.2) is 37.0 Å². The number of nitrogens with zero attached hydrogens (tertiary/aromatic N) is 1. The predicted octanol–water partition coefficient (Wildman–Crippen LogP) is 5.09. The molecule has 0 atom stereocenters. The number of rotatable bonds is 8. The number of aryl methyl sites for hydroxylation is 1. The van der Waals surface area contributed by atoms with Crippen molar-refractivity contribution in [3.05, 3.63) is 76.5 Å². The van der Waals surface area contributed by atoms with E-state index in [1.54, 1.807) is 49.1 Å². The number of anilines is 1. The first-order valence-corrected chi connectivity index (χ1v) is 12.9. The van der Waals surface area contributed by atoms with E-state index in [-0.39, 0.29) is 42.2 Å². The van der Waals surface area contributed by atoms with E-state index < -0.39 is 5.97 Å². The molecule has 1 fully saturated rings. The highest BCUT2D eigenvalue weighted by Crippen LogP contribution is 2.35. The first-order chi connectivity index (χ1) is 17.9. The summed E-state index contributed by atoms with van der Waals surface area (Å²) in [5.41, 5.74) is 3.55. The van der Waals surface area contributed by atoms with Crippen LogP contribution in [0.2, 0.25) is 0 Å². The first-order valence-electron chi connectivity index (χ1n) is 12.9. The fourth-order valence-electron chi connectivity index (χ4n) is 4.78. The molecule has 2 aromatic rings. The Kier molecular flexibility index (Phi) is 8.43. The number of carbonyl (C=O) groups excluding carboxylic acids is 3. The second-order valence-electron chi connectivity index (χ2n) is 9.48. The van der Waals surface area contributed by atoms with E-state index in [1.165, 1.54) is 6.42 Å². The largest absolute Gasteiger partial charge is 0.484 e. The normalized spacial score (nSPS) is 17.3. The van der Waals surface area contributed by atoms with Crippen LogP contribution in [0.5, 0.6) is 5.75 Å². The molecule has 1 aliphatic heterocycles. The molecule has 1 N–H and O–H groups in total. The molecule has 2 aromatic carbocycles. The van der Waals surface area contributed by atoms with E-state index in [0.717, 1.165) is 36.8 Å². The zero-order chi connectivity index (χ0) is 26.4. The molecule has 0 spiro atoms. The molecule has 2 amide bonds. The van der Waals surface area contributed by atoms with Crippen LogP contribution in [0.3, 0.4) is 0 Å². The summed E-state index contributed by atoms with van der Waals surface area (Å²) in [6, 6.07) is 14.9. The second-order valence-corrected chi connectivity index (χ2v) is 9.48. The number of benzene rings is 2. The number of carbonyl (C=O) groups is 3. The summed E-state index contributed by atoms with van der Waals surface area (Å²) in [5.74, 6) is -0.384. The molecule has 0 unspecified atom stereocenters. The Balaban J connectivity index is 1.49. The third kappa shape index (κ3) is 6.28. The number of ether oxygens (including phenoxy) is 2. The van der Waals surface area contributed by atoms with Crippen molar-refractivity contribution in [1.29, 1.82) is 0 Å². The highest BCUT2D eigenvalue weighted by atomic mass is 16.5. The Labute approximate surface area is 218 Å². The average molecular weight is 503 g/mol. The van der Waals surface area contributed by atoms with Gasteiger partial charge in [0.05, 0.1) is 17.8 Å². The van der Waals surface area contributed by atoms with Gasteiger partial charge in [0.25, 0.3) is 11.8 Å². The molecular weight excluding hydrogens is 468 g/mol. The third-order valence-corrected chi connectivity index (χ3v) is 6.70. The Morgan fingerprint density at radius 1 is 1.00 bits per heavy atom. The molecule has 0 bridgehead atoms. The van der Waals surface area contributed by atoms with Gasteiger partial charge in [-0.05, 0) is 69.5 Å². The van der Waals surface area contributed by atoms with Crippen LogP contribution in [0.25, 0.3) is 6.08 Å². The van der Waals surface area contributed by atoms with Crippen LogP contribution in [-0.2, 0) is 19.1 Å². The summed E-state index contributed by atoms with van der Waals surface area (Å²) < 4.78 is 10.9. The minimum atomic E-state index is -0.529. The third-order valence-electron chi connectivity index (χ3n) is 6.70. The number of allylic oxidation sites excluding steroid dienone is 1. The number of hydrogen-bond donors (Lipinski definition) is 1. The van der Waals surface area contributed by atoms with Gasteiger partial charge in [-0.15, -0.1) is 0 Å². The molecule has 0 aromatic heterocycles. The smallest absolute Gasteiger partial charge is 0.340 e. The second kappa shape index (κ2) is 11.9. The summed E-state index contributed by atoms with van der Waals surface area (Å²) in [5, 5.41) is 3.04. The van der Waals surface area contributed by atoms with Gasteiger partial charge in [-0.25, -0.2) is 4.79 Å². The molecule has 7 heteroatoms. The Hall–Kier alpha value is -3.87. The van der Waals surface area contributed by atoms with Gasteiger partial charge in [0, 0.05) is 17.4 Å². The van der Waals surface area contributed by atoms with E-state index in [4.69, 9.17) is 9.47 Å². The maximum atomic E-state index is 13.5. The Morgan fingerprint density at radius 2 is 1.68 bits per heavy atom. The quantitative estimate of drug-likeness (QED) is 0.402. The maximum Gasteiger partial charge on any atom is 0.340 e. The van der Waals surface area contributed by atoms with Crippen molar-refractivity contribution in [2.45, 2.75) is 58.9 Å². The van der Waals surface area contributed by atoms with E-state index in [1.807, 2.05) is 31.2 Å². The van der Waals surface area contributed by atoms with Crippen molar-refractivity contribution in [3.63, 3.8) is 0 Å². The summed E-state index contributed by atoms with van der Waals surface area (Å²) in [7, 11) is 0. The van der Waals surface area contributed by atoms with Gasteiger partial charge in [0.2, 0.25) is 0 Å². The molecule has 37 heavy (non-hydrogen) atoms. The minimum absolute atomic E-state index is 0.0458. The lowest BCUT2D eigenvalue weighted by Crippen LogP contribution is -2.38.